The Bertz CT molecular complexity index is 4920. The molecule has 112 heavy (non-hydrogen) atoms. The number of anilines is 2. The molecule has 0 radical (unpaired) electrons. The number of hydrogen-bond donors (Lipinski definition) is 7. The topological polar surface area (TPSA) is 348 Å². The Morgan fingerprint density at radius 1 is 0.759 bits per heavy atom. The number of aromatic nitrogens is 4. The summed E-state index contributed by atoms with van der Waals surface area (Å²) >= 11 is 2.46. The summed E-state index contributed by atoms with van der Waals surface area (Å²) in [6, 6.07) is 39.8. The maximum atomic E-state index is 14.1. The van der Waals surface area contributed by atoms with Crippen LogP contribution in [0.4, 0.5) is 16.4 Å². The number of amides is 9. The van der Waals surface area contributed by atoms with Crippen LogP contribution in [0.5, 0.6) is 5.75 Å². The van der Waals surface area contributed by atoms with E-state index in [2.05, 4.69) is 60.9 Å². The van der Waals surface area contributed by atoms with Crippen molar-refractivity contribution < 1.29 is 62.4 Å². The number of primary amides is 1. The van der Waals surface area contributed by atoms with Gasteiger partial charge in [-0.1, -0.05) is 108 Å². The standard InChI is InChI=1S/C82H90N14O14S2/c1-81(32-39-92(40-33-81)56-28-36-93(37-29-56)79-89-63-25-22-54(62-50-91(2)76(103)71-60(62)27-35-84-71)47-61(63)74(90-79)82(51-97,110-57-23-24-57)55-15-7-4-8-16-55)87-34-13-14-53-21-26-66(107-3)65(46-53)94-38-30-70(101)96(80(94)106)52-86-69(100)49-85-75(102)64(48-67(83)98)88-68(99)31-42-108-44-45-109-43-41-95-77(104)72(111-58-17-9-5-10-18-58)73(78(95)105)112-59-19-11-6-12-20-59/h4-12,15-22,25-27,35,46-47,50,56-57,64,84,87,97H,23-24,28-34,36-45,48-49,51-52H2,1-3H3,(H2,83,98)(H,85,102)(H,86,100)(H,88,99)/t64?,82-/m0/s1. The summed E-state index contributed by atoms with van der Waals surface area (Å²) < 4.78 is 25.4. The highest BCUT2D eigenvalue weighted by atomic mass is 32.2. The normalized spacial score (nSPS) is 17.0. The van der Waals surface area contributed by atoms with Crippen molar-refractivity contribution in [3.05, 3.63) is 183 Å². The zero-order valence-electron chi connectivity index (χ0n) is 62.6. The molecule has 4 aliphatic heterocycles. The number of rotatable bonds is 33. The minimum atomic E-state index is -1.45. The number of piperidine rings is 2. The van der Waals surface area contributed by atoms with Crippen molar-refractivity contribution >= 4 is 104 Å². The molecule has 0 spiro atoms. The van der Waals surface area contributed by atoms with Crippen LogP contribution in [0.15, 0.2) is 170 Å². The molecule has 8 aromatic rings. The molecule has 3 aromatic heterocycles. The number of imide groups is 2. The third-order valence-electron chi connectivity index (χ3n) is 20.6. The largest absolute Gasteiger partial charge is 0.495 e. The molecule has 30 heteroatoms. The number of nitrogens with zero attached hydrogens (tertiary/aromatic N) is 8. The van der Waals surface area contributed by atoms with E-state index in [0.29, 0.717) is 56.6 Å². The molecule has 5 aliphatic rings. The highest BCUT2D eigenvalue weighted by Gasteiger charge is 2.45. The fraction of sp³-hybridized carbons (Fsp3) is 0.378. The number of ether oxygens (including phenoxy) is 4. The first-order valence-electron chi connectivity index (χ1n) is 37.5. The number of thioether (sulfide) groups is 2. The molecule has 28 nitrogen and oxygen atoms in total. The number of fused-ring (bicyclic) bond motifs is 2. The minimum Gasteiger partial charge on any atom is -0.495 e. The molecular weight excluding hydrogens is 1470 g/mol. The molecule has 1 saturated carbocycles. The number of likely N-dealkylation sites (tertiary alicyclic amines) is 1. The maximum absolute atomic E-state index is 14.1. The summed E-state index contributed by atoms with van der Waals surface area (Å²) in [5.74, 6) is 2.80. The lowest BCUT2D eigenvalue weighted by molar-refractivity contribution is -0.138. The second-order valence-corrected chi connectivity index (χ2v) is 30.5. The maximum Gasteiger partial charge on any atom is 0.332 e. The van der Waals surface area contributed by atoms with E-state index in [-0.39, 0.29) is 76.2 Å². The lowest BCUT2D eigenvalue weighted by Crippen LogP contribution is -2.56. The number of urea groups is 1. The van der Waals surface area contributed by atoms with Gasteiger partial charge in [0.05, 0.1) is 99.0 Å². The predicted molar refractivity (Wildman–Crippen MR) is 423 cm³/mol. The SMILES string of the molecule is COc1ccc(C#CCNC2(C)CCN(C3CCN(c4nc([C@@](CO)(OC5CC5)c5ccccc5)c5cc(-c6cn(C)c(=O)c7[nH]ccc67)ccc5n4)CC3)CC2)cc1N1CCC(=O)N(CNC(=O)CNC(=O)C(CC(N)=O)NC(=O)CCOCCOCCN2C(=O)C(Sc3ccccc3)=C(Sc3ccccc3)C2=O)C1=O. The lowest BCUT2D eigenvalue weighted by atomic mass is 9.87. The molecule has 7 heterocycles. The smallest absolute Gasteiger partial charge is 0.332 e. The highest BCUT2D eigenvalue weighted by Crippen LogP contribution is 2.45. The zero-order valence-corrected chi connectivity index (χ0v) is 64.2. The van der Waals surface area contributed by atoms with E-state index in [9.17, 15) is 48.3 Å². The van der Waals surface area contributed by atoms with Crippen molar-refractivity contribution in [3.63, 3.8) is 0 Å². The van der Waals surface area contributed by atoms with E-state index in [1.54, 1.807) is 36.0 Å². The van der Waals surface area contributed by atoms with E-state index in [1.807, 2.05) is 115 Å². The van der Waals surface area contributed by atoms with Gasteiger partial charge in [-0.25, -0.2) is 19.7 Å². The zero-order chi connectivity index (χ0) is 78.5. The number of hydrogen-bond acceptors (Lipinski definition) is 21. The van der Waals surface area contributed by atoms with Gasteiger partial charge in [0.1, 0.15) is 24.0 Å². The first kappa shape index (κ1) is 79.3. The van der Waals surface area contributed by atoms with E-state index in [0.717, 1.165) is 117 Å². The van der Waals surface area contributed by atoms with Crippen LogP contribution in [0.25, 0.3) is 32.9 Å². The van der Waals surface area contributed by atoms with Gasteiger partial charge in [-0.15, -0.1) is 0 Å². The van der Waals surface area contributed by atoms with Crippen molar-refractivity contribution in [1.29, 1.82) is 0 Å². The Balaban J connectivity index is 0.545. The van der Waals surface area contributed by atoms with E-state index in [4.69, 9.17) is 34.6 Å². The average Bonchev–Trinajstić information content (AvgIpc) is 0.960. The van der Waals surface area contributed by atoms with Gasteiger partial charge >= 0.3 is 6.03 Å². The van der Waals surface area contributed by atoms with Gasteiger partial charge in [0.2, 0.25) is 35.5 Å². The fourth-order valence-corrected chi connectivity index (χ4v) is 16.3. The first-order chi connectivity index (χ1) is 54.3. The molecule has 1 aliphatic carbocycles. The number of nitrogens with one attached hydrogen (secondary N) is 5. The molecule has 8 N–H and O–H groups in total. The number of aliphatic hydroxyl groups excluding tert-OH is 1. The van der Waals surface area contributed by atoms with Crippen LogP contribution in [0.3, 0.4) is 0 Å². The number of aromatic amines is 1. The Hall–Kier alpha value is -10.8. The summed E-state index contributed by atoms with van der Waals surface area (Å²) in [4.78, 5) is 143. The molecule has 13 rings (SSSR count). The molecule has 2 atom stereocenters. The number of carbonyl (C=O) groups excluding carboxylic acids is 8. The molecule has 9 amide bonds. The van der Waals surface area contributed by atoms with Crippen LogP contribution in [0.1, 0.15) is 81.5 Å². The van der Waals surface area contributed by atoms with E-state index >= 15 is 0 Å². The number of carbonyl (C=O) groups is 8. The molecule has 1 unspecified atom stereocenters. The van der Waals surface area contributed by atoms with E-state index in [1.165, 1.54) is 35.5 Å². The third kappa shape index (κ3) is 18.7. The fourth-order valence-electron chi connectivity index (χ4n) is 14.3. The number of H-pyrrole nitrogens is 1. The van der Waals surface area contributed by atoms with Gasteiger partial charge in [0.15, 0.2) is 5.60 Å². The van der Waals surface area contributed by atoms with Gasteiger partial charge in [-0.3, -0.25) is 48.2 Å². The number of benzene rings is 5. The highest BCUT2D eigenvalue weighted by molar-refractivity contribution is 8.08. The van der Waals surface area contributed by atoms with Gasteiger partial charge in [-0.2, -0.15) is 0 Å². The van der Waals surface area contributed by atoms with Gasteiger partial charge < -0.3 is 70.4 Å². The van der Waals surface area contributed by atoms with Crippen molar-refractivity contribution in [2.75, 3.05) is 109 Å². The summed E-state index contributed by atoms with van der Waals surface area (Å²) in [6.07, 6.45) is 8.10. The third-order valence-corrected chi connectivity index (χ3v) is 23.0. The average molecular weight is 1560 g/mol. The molecule has 4 fully saturated rings. The molecule has 5 aromatic carbocycles. The number of aliphatic hydroxyl groups is 1. The quantitative estimate of drug-likeness (QED) is 0.0128. The van der Waals surface area contributed by atoms with Crippen LogP contribution in [0.2, 0.25) is 0 Å². The first-order valence-corrected chi connectivity index (χ1v) is 39.1. The lowest BCUT2D eigenvalue weighted by Gasteiger charge is -2.45. The summed E-state index contributed by atoms with van der Waals surface area (Å²) in [6.45, 7) is 4.44. The van der Waals surface area contributed by atoms with Gasteiger partial charge in [0.25, 0.3) is 17.4 Å². The van der Waals surface area contributed by atoms with Crippen molar-refractivity contribution in [2.45, 2.75) is 104 Å². The van der Waals surface area contributed by atoms with E-state index < -0.39 is 78.7 Å². The number of methoxy groups -OCH3 is 1. The molecular formula is C82H90N14O14S2. The molecule has 584 valence electrons. The van der Waals surface area contributed by atoms with Crippen LogP contribution < -0.4 is 47.1 Å². The monoisotopic (exact) mass is 1560 g/mol. The molecule has 3 saturated heterocycles. The minimum absolute atomic E-state index is 0.000857. The second-order valence-electron chi connectivity index (χ2n) is 28.4. The van der Waals surface area contributed by atoms with Crippen LogP contribution in [-0.4, -0.2) is 210 Å². The summed E-state index contributed by atoms with van der Waals surface area (Å²) in [5.41, 5.74) is 9.20. The molecule has 0 bridgehead atoms. The van der Waals surface area contributed by atoms with Crippen LogP contribution >= 0.6 is 23.5 Å². The summed E-state index contributed by atoms with van der Waals surface area (Å²) in [5, 5.41) is 24.2. The van der Waals surface area contributed by atoms with Crippen LogP contribution in [-0.2, 0) is 60.4 Å². The second kappa shape index (κ2) is 36.2. The number of nitrogens with two attached hydrogens (primary N) is 1. The summed E-state index contributed by atoms with van der Waals surface area (Å²) in [7, 11) is 3.21. The van der Waals surface area contributed by atoms with Crippen molar-refractivity contribution in [2.24, 2.45) is 12.8 Å². The number of pyridine rings is 1. The van der Waals surface area contributed by atoms with Crippen molar-refractivity contribution in [3.8, 4) is 28.7 Å². The Kier molecular flexibility index (Phi) is 25.6. The number of aryl methyl sites for hydroxylation is 1. The van der Waals surface area contributed by atoms with Crippen LogP contribution in [0, 0.1) is 11.8 Å². The Morgan fingerprint density at radius 3 is 2.10 bits per heavy atom. The van der Waals surface area contributed by atoms with Crippen molar-refractivity contribution in [1.82, 2.24) is 55.5 Å². The predicted octanol–water partition coefficient (Wildman–Crippen LogP) is 6.66. The van der Waals surface area contributed by atoms with Gasteiger partial charge in [-0.05, 0) is 117 Å². The Morgan fingerprint density at radius 2 is 1.44 bits per heavy atom. The van der Waals surface area contributed by atoms with Gasteiger partial charge in [0, 0.05) is 108 Å². The Labute approximate surface area is 655 Å².